The Bertz CT molecular complexity index is 745. The van der Waals surface area contributed by atoms with E-state index in [1.165, 1.54) is 12.1 Å². The average Bonchev–Trinajstić information content (AvgIpc) is 2.68. The highest BCUT2D eigenvalue weighted by molar-refractivity contribution is 7.99. The summed E-state index contributed by atoms with van der Waals surface area (Å²) in [6, 6.07) is 14.4. The predicted molar refractivity (Wildman–Crippen MR) is 103 cm³/mol. The van der Waals surface area contributed by atoms with Gasteiger partial charge in [-0.25, -0.2) is 0 Å². The minimum Gasteiger partial charge on any atom is -0.507 e. The molecule has 138 valence electrons. The first-order valence-electron chi connectivity index (χ1n) is 8.63. The standard InChI is InChI=1S/C20H23NO4S/c22-14-20(8-10-26-11-9-20)21-19(24)17-12-16(6-7-18(17)23)25-13-15-4-2-1-3-5-15/h1-7,12,22-23H,8-11,13-14H2,(H,21,24). The topological polar surface area (TPSA) is 78.8 Å². The molecule has 1 saturated heterocycles. The van der Waals surface area contributed by atoms with Crippen LogP contribution in [0.1, 0.15) is 28.8 Å². The lowest BCUT2D eigenvalue weighted by Crippen LogP contribution is -2.53. The van der Waals surface area contributed by atoms with E-state index in [0.717, 1.165) is 17.1 Å². The van der Waals surface area contributed by atoms with E-state index in [1.807, 2.05) is 42.1 Å². The Hall–Kier alpha value is -2.18. The first-order chi connectivity index (χ1) is 12.6. The smallest absolute Gasteiger partial charge is 0.255 e. The van der Waals surface area contributed by atoms with Gasteiger partial charge in [-0.2, -0.15) is 11.8 Å². The summed E-state index contributed by atoms with van der Waals surface area (Å²) in [4.78, 5) is 12.7. The van der Waals surface area contributed by atoms with Crippen molar-refractivity contribution in [1.82, 2.24) is 5.32 Å². The first kappa shape index (κ1) is 18.6. The Morgan fingerprint density at radius 2 is 1.88 bits per heavy atom. The maximum Gasteiger partial charge on any atom is 0.255 e. The summed E-state index contributed by atoms with van der Waals surface area (Å²) in [6.45, 7) is 0.273. The van der Waals surface area contributed by atoms with Crippen molar-refractivity contribution in [2.24, 2.45) is 0 Å². The number of nitrogens with one attached hydrogen (secondary N) is 1. The summed E-state index contributed by atoms with van der Waals surface area (Å²) in [5, 5.41) is 22.8. The van der Waals surface area contributed by atoms with E-state index >= 15 is 0 Å². The van der Waals surface area contributed by atoms with Crippen LogP contribution in [0.3, 0.4) is 0 Å². The van der Waals surface area contributed by atoms with Gasteiger partial charge < -0.3 is 20.3 Å². The van der Waals surface area contributed by atoms with Crippen molar-refractivity contribution >= 4 is 17.7 Å². The van der Waals surface area contributed by atoms with Gasteiger partial charge in [0, 0.05) is 0 Å². The van der Waals surface area contributed by atoms with Gasteiger partial charge in [-0.15, -0.1) is 0 Å². The second kappa shape index (κ2) is 8.47. The Morgan fingerprint density at radius 1 is 1.15 bits per heavy atom. The number of phenolic OH excluding ortho intramolecular Hbond substituents is 1. The number of aliphatic hydroxyl groups excluding tert-OH is 1. The van der Waals surface area contributed by atoms with Crippen molar-refractivity contribution in [1.29, 1.82) is 0 Å². The van der Waals surface area contributed by atoms with Crippen LogP contribution in [-0.4, -0.2) is 39.8 Å². The molecule has 0 aliphatic carbocycles. The van der Waals surface area contributed by atoms with Gasteiger partial charge in [0.25, 0.3) is 5.91 Å². The molecule has 0 radical (unpaired) electrons. The van der Waals surface area contributed by atoms with E-state index in [9.17, 15) is 15.0 Å². The van der Waals surface area contributed by atoms with Gasteiger partial charge in [-0.3, -0.25) is 4.79 Å². The number of rotatable bonds is 6. The summed E-state index contributed by atoms with van der Waals surface area (Å²) in [6.07, 6.45) is 1.43. The summed E-state index contributed by atoms with van der Waals surface area (Å²) < 4.78 is 5.74. The van der Waals surface area contributed by atoms with Crippen LogP contribution in [0.25, 0.3) is 0 Å². The SMILES string of the molecule is O=C(NC1(CO)CCSCC1)c1cc(OCc2ccccc2)ccc1O. The maximum atomic E-state index is 12.7. The molecule has 0 spiro atoms. The van der Waals surface area contributed by atoms with Gasteiger partial charge in [0.15, 0.2) is 0 Å². The lowest BCUT2D eigenvalue weighted by Gasteiger charge is -2.36. The van der Waals surface area contributed by atoms with E-state index in [-0.39, 0.29) is 17.9 Å². The molecule has 2 aromatic rings. The number of benzene rings is 2. The van der Waals surface area contributed by atoms with Crippen LogP contribution in [0.2, 0.25) is 0 Å². The van der Waals surface area contributed by atoms with Gasteiger partial charge in [0.05, 0.1) is 17.7 Å². The lowest BCUT2D eigenvalue weighted by molar-refractivity contribution is 0.0814. The fourth-order valence-corrected chi connectivity index (χ4v) is 4.19. The maximum absolute atomic E-state index is 12.7. The van der Waals surface area contributed by atoms with Gasteiger partial charge in [0.2, 0.25) is 0 Å². The summed E-state index contributed by atoms with van der Waals surface area (Å²) in [5.41, 5.74) is 0.558. The van der Waals surface area contributed by atoms with E-state index in [2.05, 4.69) is 5.32 Å². The largest absolute Gasteiger partial charge is 0.507 e. The number of ether oxygens (including phenoxy) is 1. The van der Waals surface area contributed by atoms with Crippen LogP contribution in [0.15, 0.2) is 48.5 Å². The highest BCUT2D eigenvalue weighted by atomic mass is 32.2. The molecule has 3 rings (SSSR count). The minimum absolute atomic E-state index is 0.104. The van der Waals surface area contributed by atoms with Crippen molar-refractivity contribution in [3.63, 3.8) is 0 Å². The monoisotopic (exact) mass is 373 g/mol. The predicted octanol–water partition coefficient (Wildman–Crippen LogP) is 2.96. The lowest BCUT2D eigenvalue weighted by atomic mass is 9.92. The minimum atomic E-state index is -0.615. The molecule has 0 atom stereocenters. The molecular formula is C20H23NO4S. The third kappa shape index (κ3) is 4.51. The first-order valence-corrected chi connectivity index (χ1v) is 9.78. The van der Waals surface area contributed by atoms with Gasteiger partial charge in [0.1, 0.15) is 18.1 Å². The molecule has 1 heterocycles. The van der Waals surface area contributed by atoms with Crippen molar-refractivity contribution < 1.29 is 19.7 Å². The molecule has 1 aliphatic rings. The average molecular weight is 373 g/mol. The Balaban J connectivity index is 1.71. The Labute approximate surface area is 157 Å². The van der Waals surface area contributed by atoms with Crippen LogP contribution in [0.5, 0.6) is 11.5 Å². The molecule has 1 fully saturated rings. The highest BCUT2D eigenvalue weighted by Gasteiger charge is 2.34. The van der Waals surface area contributed by atoms with Crippen LogP contribution in [-0.2, 0) is 6.61 Å². The fraction of sp³-hybridized carbons (Fsp3) is 0.350. The molecule has 0 saturated carbocycles. The van der Waals surface area contributed by atoms with E-state index in [0.29, 0.717) is 25.2 Å². The molecular weight excluding hydrogens is 350 g/mol. The van der Waals surface area contributed by atoms with E-state index in [4.69, 9.17) is 4.74 Å². The zero-order valence-electron chi connectivity index (χ0n) is 14.5. The zero-order chi connectivity index (χ0) is 18.4. The number of thioether (sulfide) groups is 1. The molecule has 1 amide bonds. The van der Waals surface area contributed by atoms with Crippen molar-refractivity contribution in [2.45, 2.75) is 25.0 Å². The third-order valence-electron chi connectivity index (χ3n) is 4.59. The van der Waals surface area contributed by atoms with Crippen LogP contribution < -0.4 is 10.1 Å². The number of aromatic hydroxyl groups is 1. The molecule has 0 unspecified atom stereocenters. The Kier molecular flexibility index (Phi) is 6.06. The van der Waals surface area contributed by atoms with Crippen LogP contribution >= 0.6 is 11.8 Å². The van der Waals surface area contributed by atoms with Crippen molar-refractivity contribution in [3.05, 3.63) is 59.7 Å². The van der Waals surface area contributed by atoms with E-state index in [1.54, 1.807) is 6.07 Å². The van der Waals surface area contributed by atoms with Crippen LogP contribution in [0.4, 0.5) is 0 Å². The second-order valence-corrected chi connectivity index (χ2v) is 7.68. The molecule has 0 bridgehead atoms. The molecule has 1 aliphatic heterocycles. The number of hydrogen-bond acceptors (Lipinski definition) is 5. The third-order valence-corrected chi connectivity index (χ3v) is 5.58. The number of carbonyl (C=O) groups is 1. The number of amides is 1. The number of carbonyl (C=O) groups excluding carboxylic acids is 1. The quantitative estimate of drug-likeness (QED) is 0.726. The molecule has 3 N–H and O–H groups in total. The zero-order valence-corrected chi connectivity index (χ0v) is 15.3. The molecule has 0 aromatic heterocycles. The normalized spacial score (nSPS) is 16.0. The number of hydrogen-bond donors (Lipinski definition) is 3. The fourth-order valence-electron chi connectivity index (χ4n) is 2.92. The van der Waals surface area contributed by atoms with Crippen LogP contribution in [0, 0.1) is 0 Å². The molecule has 6 heteroatoms. The van der Waals surface area contributed by atoms with Crippen molar-refractivity contribution in [2.75, 3.05) is 18.1 Å². The molecule has 26 heavy (non-hydrogen) atoms. The van der Waals surface area contributed by atoms with Crippen molar-refractivity contribution in [3.8, 4) is 11.5 Å². The Morgan fingerprint density at radius 3 is 2.58 bits per heavy atom. The molecule has 5 nitrogen and oxygen atoms in total. The summed E-state index contributed by atoms with van der Waals surface area (Å²) in [7, 11) is 0. The van der Waals surface area contributed by atoms with Gasteiger partial charge in [-0.05, 0) is 48.1 Å². The van der Waals surface area contributed by atoms with Gasteiger partial charge >= 0.3 is 0 Å². The summed E-state index contributed by atoms with van der Waals surface area (Å²) in [5.74, 6) is 1.80. The summed E-state index contributed by atoms with van der Waals surface area (Å²) >= 11 is 1.81. The number of aliphatic hydroxyl groups is 1. The molecule has 2 aromatic carbocycles. The number of phenols is 1. The van der Waals surface area contributed by atoms with Gasteiger partial charge in [-0.1, -0.05) is 30.3 Å². The second-order valence-electron chi connectivity index (χ2n) is 6.46. The van der Waals surface area contributed by atoms with E-state index < -0.39 is 11.4 Å². The highest BCUT2D eigenvalue weighted by Crippen LogP contribution is 2.29.